The van der Waals surface area contributed by atoms with Gasteiger partial charge in [-0.3, -0.25) is 14.8 Å². The predicted octanol–water partition coefficient (Wildman–Crippen LogP) is 1.75. The lowest BCUT2D eigenvalue weighted by atomic mass is 10.2. The first-order valence-corrected chi connectivity index (χ1v) is 4.57. The summed E-state index contributed by atoms with van der Waals surface area (Å²) in [7, 11) is 1.66. The second-order valence-electron chi connectivity index (χ2n) is 3.08. The molecule has 0 aromatic carbocycles. The number of hydrogen-bond donors (Lipinski definition) is 0. The average molecular weight is 203 g/mol. The minimum atomic E-state index is 0.0127. The van der Waals surface area contributed by atoms with Gasteiger partial charge >= 0.3 is 0 Å². The number of carbonyl (C=O) groups is 1. The fourth-order valence-electron chi connectivity index (χ4n) is 1.03. The summed E-state index contributed by atoms with van der Waals surface area (Å²) >= 11 is 0. The summed E-state index contributed by atoms with van der Waals surface area (Å²) in [6, 6.07) is 3.52. The lowest BCUT2D eigenvalue weighted by Crippen LogP contribution is -2.01. The van der Waals surface area contributed by atoms with Crippen molar-refractivity contribution in [3.8, 4) is 0 Å². The van der Waals surface area contributed by atoms with Gasteiger partial charge in [0.25, 0.3) is 0 Å². The zero-order chi connectivity index (χ0) is 11.3. The molecule has 0 radical (unpaired) electrons. The lowest BCUT2D eigenvalue weighted by molar-refractivity contribution is 0.101. The zero-order valence-electron chi connectivity index (χ0n) is 9.06. The van der Waals surface area contributed by atoms with Gasteiger partial charge in [-0.05, 0) is 26.0 Å². The van der Waals surface area contributed by atoms with Crippen molar-refractivity contribution in [2.75, 3.05) is 7.05 Å². The van der Waals surface area contributed by atoms with Crippen LogP contribution in [0.3, 0.4) is 0 Å². The topological polar surface area (TPSA) is 54.7 Å². The Morgan fingerprint density at radius 2 is 2.13 bits per heavy atom. The number of Topliss-reactive ketones (excluding diaryl/α,β-unsaturated/α-hetero) is 1. The Morgan fingerprint density at radius 1 is 1.40 bits per heavy atom. The highest BCUT2D eigenvalue weighted by Crippen LogP contribution is 2.02. The Kier molecular flexibility index (Phi) is 3.85. The lowest BCUT2D eigenvalue weighted by Gasteiger charge is -1.99. The molecule has 15 heavy (non-hydrogen) atoms. The molecule has 0 spiro atoms. The van der Waals surface area contributed by atoms with Crippen LogP contribution in [0.4, 0.5) is 0 Å². The van der Waals surface area contributed by atoms with Gasteiger partial charge in [0.1, 0.15) is 6.34 Å². The third-order valence-electron chi connectivity index (χ3n) is 1.91. The number of carbonyl (C=O) groups excluding carboxylic acids is 1. The van der Waals surface area contributed by atoms with Gasteiger partial charge in [0.2, 0.25) is 0 Å². The van der Waals surface area contributed by atoms with Gasteiger partial charge in [-0.15, -0.1) is 0 Å². The molecule has 0 fully saturated rings. The number of aliphatic imine (C=N–C) groups is 2. The van der Waals surface area contributed by atoms with E-state index in [4.69, 9.17) is 0 Å². The predicted molar refractivity (Wildman–Crippen MR) is 60.9 cm³/mol. The van der Waals surface area contributed by atoms with Gasteiger partial charge in [0.15, 0.2) is 5.78 Å². The Labute approximate surface area is 88.8 Å². The molecular formula is C11H13N3O. The maximum Gasteiger partial charge on any atom is 0.161 e. The number of ketones is 1. The largest absolute Gasteiger partial charge is 0.294 e. The van der Waals surface area contributed by atoms with E-state index in [9.17, 15) is 4.79 Å². The molecular weight excluding hydrogens is 190 g/mol. The summed E-state index contributed by atoms with van der Waals surface area (Å²) in [6.45, 7) is 3.36. The van der Waals surface area contributed by atoms with Crippen LogP contribution in [0, 0.1) is 0 Å². The molecule has 1 aromatic heterocycles. The first-order valence-electron chi connectivity index (χ1n) is 4.57. The SMILES string of the molecule is CN=CN=C(C)c1ccc(C(C)=O)cn1. The van der Waals surface area contributed by atoms with E-state index in [1.54, 1.807) is 25.4 Å². The number of nitrogens with zero attached hydrogens (tertiary/aromatic N) is 3. The molecule has 1 rings (SSSR count). The third-order valence-corrected chi connectivity index (χ3v) is 1.91. The van der Waals surface area contributed by atoms with E-state index in [1.807, 2.05) is 6.92 Å². The molecule has 0 N–H and O–H groups in total. The Morgan fingerprint density at radius 3 is 2.60 bits per heavy atom. The smallest absolute Gasteiger partial charge is 0.161 e. The van der Waals surface area contributed by atoms with Gasteiger partial charge in [-0.2, -0.15) is 0 Å². The van der Waals surface area contributed by atoms with E-state index < -0.39 is 0 Å². The molecule has 0 saturated carbocycles. The molecule has 1 heterocycles. The Bertz CT molecular complexity index is 404. The molecule has 0 atom stereocenters. The van der Waals surface area contributed by atoms with Crippen molar-refractivity contribution < 1.29 is 4.79 Å². The number of aromatic nitrogens is 1. The van der Waals surface area contributed by atoms with Crippen molar-refractivity contribution >= 4 is 17.8 Å². The van der Waals surface area contributed by atoms with E-state index in [1.165, 1.54) is 13.3 Å². The Balaban J connectivity index is 2.93. The number of hydrogen-bond acceptors (Lipinski definition) is 3. The van der Waals surface area contributed by atoms with Crippen molar-refractivity contribution in [1.29, 1.82) is 0 Å². The van der Waals surface area contributed by atoms with Crippen molar-refractivity contribution in [3.05, 3.63) is 29.6 Å². The second-order valence-corrected chi connectivity index (χ2v) is 3.08. The van der Waals surface area contributed by atoms with Gasteiger partial charge in [0.05, 0.1) is 11.4 Å². The molecule has 0 amide bonds. The molecule has 0 aliphatic heterocycles. The van der Waals surface area contributed by atoms with Crippen LogP contribution in [0.1, 0.15) is 29.9 Å². The molecule has 0 saturated heterocycles. The van der Waals surface area contributed by atoms with Crippen LogP contribution < -0.4 is 0 Å². The summed E-state index contributed by atoms with van der Waals surface area (Å²) < 4.78 is 0. The van der Waals surface area contributed by atoms with Crippen molar-refractivity contribution in [3.63, 3.8) is 0 Å². The number of rotatable bonds is 3. The van der Waals surface area contributed by atoms with Crippen molar-refractivity contribution in [1.82, 2.24) is 4.98 Å². The molecule has 0 unspecified atom stereocenters. The fraction of sp³-hybridized carbons (Fsp3) is 0.273. The highest BCUT2D eigenvalue weighted by Gasteiger charge is 2.01. The summed E-state index contributed by atoms with van der Waals surface area (Å²) in [5, 5.41) is 0. The van der Waals surface area contributed by atoms with E-state index in [2.05, 4.69) is 15.0 Å². The van der Waals surface area contributed by atoms with Crippen LogP contribution in [0.25, 0.3) is 0 Å². The summed E-state index contributed by atoms with van der Waals surface area (Å²) in [4.78, 5) is 23.0. The van der Waals surface area contributed by atoms with Crippen LogP contribution in [0.2, 0.25) is 0 Å². The van der Waals surface area contributed by atoms with E-state index in [0.717, 1.165) is 11.4 Å². The fourth-order valence-corrected chi connectivity index (χ4v) is 1.03. The van der Waals surface area contributed by atoms with Crippen LogP contribution >= 0.6 is 0 Å². The average Bonchev–Trinajstić information content (AvgIpc) is 2.26. The van der Waals surface area contributed by atoms with Crippen molar-refractivity contribution in [2.24, 2.45) is 9.98 Å². The molecule has 4 heteroatoms. The summed E-state index contributed by atoms with van der Waals surface area (Å²) in [5.41, 5.74) is 2.13. The minimum absolute atomic E-state index is 0.0127. The van der Waals surface area contributed by atoms with Crippen molar-refractivity contribution in [2.45, 2.75) is 13.8 Å². The molecule has 0 bridgehead atoms. The van der Waals surface area contributed by atoms with Crippen LogP contribution in [-0.2, 0) is 0 Å². The van der Waals surface area contributed by atoms with Crippen LogP contribution in [0.15, 0.2) is 28.3 Å². The summed E-state index contributed by atoms with van der Waals surface area (Å²) in [5.74, 6) is 0.0127. The molecule has 1 aromatic rings. The summed E-state index contributed by atoms with van der Waals surface area (Å²) in [6.07, 6.45) is 3.02. The second kappa shape index (κ2) is 5.14. The van der Waals surface area contributed by atoms with E-state index >= 15 is 0 Å². The monoisotopic (exact) mass is 203 g/mol. The number of pyridine rings is 1. The highest BCUT2D eigenvalue weighted by molar-refractivity contribution is 6.01. The first kappa shape index (κ1) is 11.2. The van der Waals surface area contributed by atoms with E-state index in [-0.39, 0.29) is 5.78 Å². The normalized spacial score (nSPS) is 12.1. The Hall–Kier alpha value is -1.84. The maximum absolute atomic E-state index is 11.0. The van der Waals surface area contributed by atoms with Gasteiger partial charge < -0.3 is 0 Å². The minimum Gasteiger partial charge on any atom is -0.294 e. The molecule has 0 aliphatic carbocycles. The first-order chi connectivity index (χ1) is 7.15. The van der Waals surface area contributed by atoms with E-state index in [0.29, 0.717) is 5.56 Å². The highest BCUT2D eigenvalue weighted by atomic mass is 16.1. The quantitative estimate of drug-likeness (QED) is 0.427. The van der Waals surface area contributed by atoms with Gasteiger partial charge in [0, 0.05) is 18.8 Å². The van der Waals surface area contributed by atoms with Crippen LogP contribution in [-0.4, -0.2) is 29.9 Å². The van der Waals surface area contributed by atoms with Gasteiger partial charge in [-0.25, -0.2) is 4.99 Å². The zero-order valence-corrected chi connectivity index (χ0v) is 9.06. The van der Waals surface area contributed by atoms with Gasteiger partial charge in [-0.1, -0.05) is 0 Å². The maximum atomic E-state index is 11.0. The standard InChI is InChI=1S/C11H13N3O/c1-8(14-7-12-3)11-5-4-10(6-13-11)9(2)15/h4-7H,1-3H3. The molecule has 78 valence electrons. The third kappa shape index (κ3) is 3.09. The molecule has 4 nitrogen and oxygen atoms in total. The van der Waals surface area contributed by atoms with Crippen LogP contribution in [0.5, 0.6) is 0 Å². The molecule has 0 aliphatic rings.